The molecule has 1 aliphatic heterocycles. The minimum absolute atomic E-state index is 0.0160. The Labute approximate surface area is 180 Å². The maximum Gasteiger partial charge on any atom is 0.256 e. The van der Waals surface area contributed by atoms with Crippen LogP contribution in [0.25, 0.3) is 5.69 Å². The summed E-state index contributed by atoms with van der Waals surface area (Å²) in [6, 6.07) is 5.77. The largest absolute Gasteiger partial charge is 0.352 e. The lowest BCUT2D eigenvalue weighted by Crippen LogP contribution is -2.51. The standard InChI is InChI=1S/C21H24ClN7O/c1-14-5-6-17(18(10-14)29-26-7-8-27-29)20(30)28-9-3-4-15(2)19(28)13-25-21-23-11-16(22)12-24-21/h5-8,10-12,15,19H,3-4,9,13H2,1-2H3,(H,23,24,25). The van der Waals surface area contributed by atoms with Gasteiger partial charge in [0.15, 0.2) is 0 Å². The van der Waals surface area contributed by atoms with Gasteiger partial charge < -0.3 is 10.2 Å². The zero-order valence-corrected chi connectivity index (χ0v) is 17.8. The summed E-state index contributed by atoms with van der Waals surface area (Å²) in [5.41, 5.74) is 2.33. The molecule has 4 rings (SSSR count). The summed E-state index contributed by atoms with van der Waals surface area (Å²) in [6.45, 7) is 5.44. The lowest BCUT2D eigenvalue weighted by atomic mass is 9.90. The van der Waals surface area contributed by atoms with Crippen LogP contribution in [-0.2, 0) is 0 Å². The Balaban J connectivity index is 1.59. The first kappa shape index (κ1) is 20.3. The first-order valence-electron chi connectivity index (χ1n) is 10.0. The lowest BCUT2D eigenvalue weighted by Gasteiger charge is -2.40. The van der Waals surface area contributed by atoms with Gasteiger partial charge in [-0.05, 0) is 43.4 Å². The summed E-state index contributed by atoms with van der Waals surface area (Å²) < 4.78 is 0. The molecule has 1 amide bonds. The number of hydrogen-bond acceptors (Lipinski definition) is 6. The van der Waals surface area contributed by atoms with E-state index >= 15 is 0 Å². The molecule has 8 nitrogen and oxygen atoms in total. The number of nitrogens with zero attached hydrogens (tertiary/aromatic N) is 6. The molecule has 0 bridgehead atoms. The maximum absolute atomic E-state index is 13.6. The number of carbonyl (C=O) groups is 1. The Kier molecular flexibility index (Phi) is 5.94. The summed E-state index contributed by atoms with van der Waals surface area (Å²) in [5, 5.41) is 12.2. The van der Waals surface area contributed by atoms with Crippen LogP contribution in [0.3, 0.4) is 0 Å². The molecule has 1 fully saturated rings. The van der Waals surface area contributed by atoms with Gasteiger partial charge in [-0.2, -0.15) is 15.0 Å². The zero-order valence-electron chi connectivity index (χ0n) is 17.0. The van der Waals surface area contributed by atoms with Crippen molar-refractivity contribution in [1.29, 1.82) is 0 Å². The number of likely N-dealkylation sites (tertiary alicyclic amines) is 1. The maximum atomic E-state index is 13.6. The molecule has 3 aromatic rings. The number of rotatable bonds is 5. The number of piperidine rings is 1. The van der Waals surface area contributed by atoms with E-state index in [-0.39, 0.29) is 11.9 Å². The van der Waals surface area contributed by atoms with Crippen LogP contribution >= 0.6 is 11.6 Å². The molecular weight excluding hydrogens is 402 g/mol. The third kappa shape index (κ3) is 4.28. The Hall–Kier alpha value is -3.00. The quantitative estimate of drug-likeness (QED) is 0.674. The molecule has 1 aliphatic rings. The van der Waals surface area contributed by atoms with E-state index in [2.05, 4.69) is 32.4 Å². The second-order valence-electron chi connectivity index (χ2n) is 7.63. The summed E-state index contributed by atoms with van der Waals surface area (Å²) in [7, 11) is 0. The fraction of sp³-hybridized carbons (Fsp3) is 0.381. The van der Waals surface area contributed by atoms with Crippen molar-refractivity contribution in [2.45, 2.75) is 32.7 Å². The molecule has 0 spiro atoms. The van der Waals surface area contributed by atoms with Crippen LogP contribution in [-0.4, -0.2) is 54.9 Å². The number of hydrogen-bond donors (Lipinski definition) is 1. The van der Waals surface area contributed by atoms with Gasteiger partial charge in [0.1, 0.15) is 0 Å². The van der Waals surface area contributed by atoms with Crippen molar-refractivity contribution in [2.75, 3.05) is 18.4 Å². The third-order valence-corrected chi connectivity index (χ3v) is 5.68. The van der Waals surface area contributed by atoms with Gasteiger partial charge in [-0.1, -0.05) is 24.6 Å². The van der Waals surface area contributed by atoms with Gasteiger partial charge in [-0.15, -0.1) is 0 Å². The van der Waals surface area contributed by atoms with Gasteiger partial charge in [0.05, 0.1) is 47.1 Å². The van der Waals surface area contributed by atoms with Crippen LogP contribution in [0.1, 0.15) is 35.7 Å². The Morgan fingerprint density at radius 2 is 1.97 bits per heavy atom. The number of aromatic nitrogens is 5. The average molecular weight is 426 g/mol. The summed E-state index contributed by atoms with van der Waals surface area (Å²) in [5.74, 6) is 0.832. The van der Waals surface area contributed by atoms with E-state index in [9.17, 15) is 4.79 Å². The van der Waals surface area contributed by atoms with E-state index in [0.29, 0.717) is 41.2 Å². The number of benzene rings is 1. The van der Waals surface area contributed by atoms with E-state index in [0.717, 1.165) is 18.4 Å². The SMILES string of the molecule is Cc1ccc(C(=O)N2CCCC(C)C2CNc2ncc(Cl)cn2)c(-n2nccn2)c1. The first-order chi connectivity index (χ1) is 14.5. The predicted molar refractivity (Wildman–Crippen MR) is 115 cm³/mol. The smallest absolute Gasteiger partial charge is 0.256 e. The second-order valence-corrected chi connectivity index (χ2v) is 8.07. The van der Waals surface area contributed by atoms with Gasteiger partial charge >= 0.3 is 0 Å². The minimum atomic E-state index is -0.0160. The fourth-order valence-corrected chi connectivity index (χ4v) is 3.99. The van der Waals surface area contributed by atoms with Crippen molar-refractivity contribution in [3.63, 3.8) is 0 Å². The third-order valence-electron chi connectivity index (χ3n) is 5.48. The van der Waals surface area contributed by atoms with E-state index < -0.39 is 0 Å². The van der Waals surface area contributed by atoms with Gasteiger partial charge in [-0.25, -0.2) is 9.97 Å². The van der Waals surface area contributed by atoms with E-state index in [4.69, 9.17) is 11.6 Å². The molecule has 2 aromatic heterocycles. The van der Waals surface area contributed by atoms with E-state index in [1.54, 1.807) is 24.8 Å². The molecule has 156 valence electrons. The number of anilines is 1. The highest BCUT2D eigenvalue weighted by molar-refractivity contribution is 6.30. The monoisotopic (exact) mass is 425 g/mol. The van der Waals surface area contributed by atoms with Crippen molar-refractivity contribution in [3.8, 4) is 5.69 Å². The topological polar surface area (TPSA) is 88.8 Å². The number of nitrogens with one attached hydrogen (secondary N) is 1. The van der Waals surface area contributed by atoms with Crippen LogP contribution in [0.4, 0.5) is 5.95 Å². The van der Waals surface area contributed by atoms with Crippen LogP contribution < -0.4 is 5.32 Å². The van der Waals surface area contributed by atoms with Crippen molar-refractivity contribution in [3.05, 3.63) is 59.1 Å². The molecule has 0 saturated carbocycles. The van der Waals surface area contributed by atoms with Crippen LogP contribution in [0.15, 0.2) is 43.0 Å². The zero-order chi connectivity index (χ0) is 21.1. The van der Waals surface area contributed by atoms with E-state index in [1.807, 2.05) is 30.0 Å². The van der Waals surface area contributed by atoms with Crippen LogP contribution in [0.5, 0.6) is 0 Å². The van der Waals surface area contributed by atoms with Crippen molar-refractivity contribution in [1.82, 2.24) is 29.9 Å². The summed E-state index contributed by atoms with van der Waals surface area (Å²) in [4.78, 5) is 25.5. The molecule has 1 N–H and O–H groups in total. The molecule has 0 radical (unpaired) electrons. The second kappa shape index (κ2) is 8.79. The Morgan fingerprint density at radius 3 is 2.70 bits per heavy atom. The van der Waals surface area contributed by atoms with E-state index in [1.165, 1.54) is 4.80 Å². The van der Waals surface area contributed by atoms with Crippen molar-refractivity contribution in [2.24, 2.45) is 5.92 Å². The van der Waals surface area contributed by atoms with Crippen LogP contribution in [0.2, 0.25) is 5.02 Å². The first-order valence-corrected chi connectivity index (χ1v) is 10.4. The highest BCUT2D eigenvalue weighted by Gasteiger charge is 2.33. The molecular formula is C21H24ClN7O. The summed E-state index contributed by atoms with van der Waals surface area (Å²) >= 11 is 5.87. The number of carbonyl (C=O) groups excluding carboxylic acids is 1. The Bertz CT molecular complexity index is 1010. The molecule has 1 aromatic carbocycles. The molecule has 1 saturated heterocycles. The molecule has 2 atom stereocenters. The Morgan fingerprint density at radius 1 is 1.23 bits per heavy atom. The molecule has 0 aliphatic carbocycles. The molecule has 2 unspecified atom stereocenters. The predicted octanol–water partition coefficient (Wildman–Crippen LogP) is 3.37. The van der Waals surface area contributed by atoms with Crippen molar-refractivity contribution < 1.29 is 4.79 Å². The fourth-order valence-electron chi connectivity index (χ4n) is 3.89. The number of aryl methyl sites for hydroxylation is 1. The highest BCUT2D eigenvalue weighted by Crippen LogP contribution is 2.27. The minimum Gasteiger partial charge on any atom is -0.352 e. The van der Waals surface area contributed by atoms with Gasteiger partial charge in [-0.3, -0.25) is 4.79 Å². The molecule has 3 heterocycles. The van der Waals surface area contributed by atoms with Gasteiger partial charge in [0, 0.05) is 13.1 Å². The highest BCUT2D eigenvalue weighted by atomic mass is 35.5. The molecule has 9 heteroatoms. The van der Waals surface area contributed by atoms with Crippen LogP contribution in [0, 0.1) is 12.8 Å². The summed E-state index contributed by atoms with van der Waals surface area (Å²) in [6.07, 6.45) is 8.37. The molecule has 30 heavy (non-hydrogen) atoms. The normalized spacial score (nSPS) is 19.0. The average Bonchev–Trinajstić information content (AvgIpc) is 3.28. The van der Waals surface area contributed by atoms with Crippen molar-refractivity contribution >= 4 is 23.5 Å². The lowest BCUT2D eigenvalue weighted by molar-refractivity contribution is 0.0539. The van der Waals surface area contributed by atoms with Gasteiger partial charge in [0.2, 0.25) is 5.95 Å². The van der Waals surface area contributed by atoms with Gasteiger partial charge in [0.25, 0.3) is 5.91 Å². The number of amides is 1. The number of halogens is 1.